The van der Waals surface area contributed by atoms with Crippen molar-refractivity contribution >= 4 is 22.9 Å². The molecule has 1 atom stereocenters. The average Bonchev–Trinajstić information content (AvgIpc) is 2.89. The molecule has 0 aromatic carbocycles. The Hall–Kier alpha value is -0.970. The third kappa shape index (κ3) is 3.75. The topological polar surface area (TPSA) is 29.0 Å². The minimum atomic E-state index is 0.323. The van der Waals surface area contributed by atoms with E-state index in [9.17, 15) is 0 Å². The van der Waals surface area contributed by atoms with Crippen molar-refractivity contribution in [1.29, 1.82) is 0 Å². The molecule has 2 aromatic heterocycles. The Balaban J connectivity index is 2.08. The van der Waals surface area contributed by atoms with Crippen LogP contribution in [0.1, 0.15) is 35.8 Å². The van der Waals surface area contributed by atoms with Crippen LogP contribution in [0.3, 0.4) is 0 Å². The molecule has 0 saturated heterocycles. The van der Waals surface area contributed by atoms with Crippen LogP contribution in [0.15, 0.2) is 29.8 Å². The van der Waals surface area contributed by atoms with E-state index in [4.69, 9.17) is 11.6 Å². The maximum absolute atomic E-state index is 5.82. The van der Waals surface area contributed by atoms with E-state index in [-0.39, 0.29) is 0 Å². The summed E-state index contributed by atoms with van der Waals surface area (Å²) in [6.07, 6.45) is 2.86. The smallest absolute Gasteiger partial charge is 0.110 e. The second-order valence-corrected chi connectivity index (χ2v) is 5.63. The summed E-state index contributed by atoms with van der Waals surface area (Å²) in [6.45, 7) is 3.01. The van der Waals surface area contributed by atoms with Gasteiger partial charge in [-0.2, -0.15) is 0 Å². The van der Waals surface area contributed by atoms with Gasteiger partial charge in [-0.15, -0.1) is 22.9 Å². The molecule has 2 rings (SSSR count). The molecule has 0 aliphatic rings. The highest BCUT2D eigenvalue weighted by Gasteiger charge is 2.19. The zero-order valence-electron chi connectivity index (χ0n) is 11.2. The lowest BCUT2D eigenvalue weighted by Crippen LogP contribution is -2.24. The largest absolute Gasteiger partial charge is 0.291 e. The quantitative estimate of drug-likeness (QED) is 0.758. The standard InChI is InChI=1S/C14H18ClN3S/c1-3-13(14-17-12(8-15)10-19-14)18(2)9-11-6-4-5-7-16-11/h4-7,10,13H,3,8-9H2,1-2H3. The Morgan fingerprint density at radius 3 is 2.79 bits per heavy atom. The van der Waals surface area contributed by atoms with Crippen LogP contribution >= 0.6 is 22.9 Å². The fourth-order valence-corrected chi connectivity index (χ4v) is 3.36. The maximum Gasteiger partial charge on any atom is 0.110 e. The van der Waals surface area contributed by atoms with Crippen LogP contribution in [-0.2, 0) is 12.4 Å². The second kappa shape index (κ2) is 6.98. The van der Waals surface area contributed by atoms with E-state index in [1.54, 1.807) is 11.3 Å². The van der Waals surface area contributed by atoms with E-state index < -0.39 is 0 Å². The normalized spacial score (nSPS) is 12.8. The van der Waals surface area contributed by atoms with Crippen molar-refractivity contribution in [3.05, 3.63) is 46.2 Å². The molecule has 0 aliphatic carbocycles. The lowest BCUT2D eigenvalue weighted by Gasteiger charge is -2.25. The molecule has 1 unspecified atom stereocenters. The number of alkyl halides is 1. The predicted octanol–water partition coefficient (Wildman–Crippen LogP) is 3.86. The molecule has 2 heterocycles. The maximum atomic E-state index is 5.82. The van der Waals surface area contributed by atoms with E-state index in [1.165, 1.54) is 0 Å². The summed E-state index contributed by atoms with van der Waals surface area (Å²) in [5.74, 6) is 0.483. The first-order chi connectivity index (χ1) is 9.24. The molecule has 19 heavy (non-hydrogen) atoms. The first kappa shape index (κ1) is 14.4. The SMILES string of the molecule is CCC(c1nc(CCl)cs1)N(C)Cc1ccccn1. The molecule has 0 bridgehead atoms. The van der Waals surface area contributed by atoms with Gasteiger partial charge < -0.3 is 0 Å². The van der Waals surface area contributed by atoms with Gasteiger partial charge in [0.1, 0.15) is 5.01 Å². The van der Waals surface area contributed by atoms with Crippen molar-refractivity contribution in [3.8, 4) is 0 Å². The Bertz CT molecular complexity index is 500. The van der Waals surface area contributed by atoms with Gasteiger partial charge in [0.05, 0.1) is 23.3 Å². The molecule has 0 saturated carbocycles. The third-order valence-corrected chi connectivity index (χ3v) is 4.32. The summed E-state index contributed by atoms with van der Waals surface area (Å²) in [6, 6.07) is 6.33. The summed E-state index contributed by atoms with van der Waals surface area (Å²) in [4.78, 5) is 11.2. The van der Waals surface area contributed by atoms with Crippen LogP contribution in [-0.4, -0.2) is 21.9 Å². The fraction of sp³-hybridized carbons (Fsp3) is 0.429. The zero-order chi connectivity index (χ0) is 13.7. The second-order valence-electron chi connectivity index (χ2n) is 4.47. The summed E-state index contributed by atoms with van der Waals surface area (Å²) in [5, 5.41) is 3.18. The Morgan fingerprint density at radius 2 is 2.21 bits per heavy atom. The lowest BCUT2D eigenvalue weighted by atomic mass is 10.2. The van der Waals surface area contributed by atoms with Crippen LogP contribution in [0.2, 0.25) is 0 Å². The van der Waals surface area contributed by atoms with E-state index in [2.05, 4.69) is 34.9 Å². The van der Waals surface area contributed by atoms with Crippen LogP contribution in [0.5, 0.6) is 0 Å². The molecule has 0 spiro atoms. The number of thiazole rings is 1. The molecule has 0 fully saturated rings. The molecular formula is C14H18ClN3S. The van der Waals surface area contributed by atoms with E-state index in [0.29, 0.717) is 11.9 Å². The van der Waals surface area contributed by atoms with Crippen molar-refractivity contribution in [1.82, 2.24) is 14.9 Å². The van der Waals surface area contributed by atoms with Gasteiger partial charge in [-0.25, -0.2) is 4.98 Å². The molecule has 3 nitrogen and oxygen atoms in total. The molecule has 0 radical (unpaired) electrons. The Morgan fingerprint density at radius 1 is 1.37 bits per heavy atom. The van der Waals surface area contributed by atoms with Gasteiger partial charge >= 0.3 is 0 Å². The van der Waals surface area contributed by atoms with Crippen molar-refractivity contribution in [2.24, 2.45) is 0 Å². The first-order valence-corrected chi connectivity index (χ1v) is 7.76. The summed E-state index contributed by atoms with van der Waals surface area (Å²) < 4.78 is 0. The molecule has 2 aromatic rings. The molecule has 5 heteroatoms. The van der Waals surface area contributed by atoms with Crippen molar-refractivity contribution in [2.45, 2.75) is 31.8 Å². The highest BCUT2D eigenvalue weighted by molar-refractivity contribution is 7.09. The van der Waals surface area contributed by atoms with Crippen LogP contribution < -0.4 is 0 Å². The van der Waals surface area contributed by atoms with Gasteiger partial charge in [-0.05, 0) is 25.6 Å². The van der Waals surface area contributed by atoms with Crippen molar-refractivity contribution in [2.75, 3.05) is 7.05 Å². The number of pyridine rings is 1. The molecule has 102 valence electrons. The minimum Gasteiger partial charge on any atom is -0.291 e. The van der Waals surface area contributed by atoms with Gasteiger partial charge in [0.2, 0.25) is 0 Å². The molecule has 0 amide bonds. The van der Waals surface area contributed by atoms with Crippen molar-refractivity contribution in [3.63, 3.8) is 0 Å². The van der Waals surface area contributed by atoms with Crippen LogP contribution in [0.25, 0.3) is 0 Å². The van der Waals surface area contributed by atoms with Crippen LogP contribution in [0, 0.1) is 0 Å². The molecule has 0 aliphatic heterocycles. The molecular weight excluding hydrogens is 278 g/mol. The highest BCUT2D eigenvalue weighted by Crippen LogP contribution is 2.27. The van der Waals surface area contributed by atoms with Gasteiger partial charge in [0, 0.05) is 18.1 Å². The van der Waals surface area contributed by atoms with E-state index in [0.717, 1.165) is 29.4 Å². The third-order valence-electron chi connectivity index (χ3n) is 3.05. The van der Waals surface area contributed by atoms with Gasteiger partial charge in [0.15, 0.2) is 0 Å². The number of rotatable bonds is 6. The summed E-state index contributed by atoms with van der Waals surface area (Å²) >= 11 is 7.51. The summed E-state index contributed by atoms with van der Waals surface area (Å²) in [5.41, 5.74) is 2.05. The lowest BCUT2D eigenvalue weighted by molar-refractivity contribution is 0.227. The minimum absolute atomic E-state index is 0.323. The fourth-order valence-electron chi connectivity index (χ4n) is 2.07. The predicted molar refractivity (Wildman–Crippen MR) is 80.4 cm³/mol. The first-order valence-electron chi connectivity index (χ1n) is 6.35. The average molecular weight is 296 g/mol. The van der Waals surface area contributed by atoms with Gasteiger partial charge in [0.25, 0.3) is 0 Å². The zero-order valence-corrected chi connectivity index (χ0v) is 12.8. The van der Waals surface area contributed by atoms with Gasteiger partial charge in [-0.3, -0.25) is 9.88 Å². The van der Waals surface area contributed by atoms with Crippen LogP contribution in [0.4, 0.5) is 0 Å². The Kier molecular flexibility index (Phi) is 5.31. The molecule has 0 N–H and O–H groups in total. The Labute approximate surface area is 123 Å². The van der Waals surface area contributed by atoms with Gasteiger partial charge in [-0.1, -0.05) is 13.0 Å². The number of halogens is 1. The van der Waals surface area contributed by atoms with E-state index in [1.807, 2.05) is 23.7 Å². The summed E-state index contributed by atoms with van der Waals surface area (Å²) in [7, 11) is 2.12. The number of hydrogen-bond acceptors (Lipinski definition) is 4. The highest BCUT2D eigenvalue weighted by atomic mass is 35.5. The number of aromatic nitrogens is 2. The van der Waals surface area contributed by atoms with Crippen molar-refractivity contribution < 1.29 is 0 Å². The number of hydrogen-bond donors (Lipinski definition) is 0. The monoisotopic (exact) mass is 295 g/mol. The number of nitrogens with zero attached hydrogens (tertiary/aromatic N) is 3. The van der Waals surface area contributed by atoms with E-state index >= 15 is 0 Å².